The number of pyridine rings is 1. The molecule has 0 saturated carbocycles. The van der Waals surface area contributed by atoms with E-state index in [1.807, 2.05) is 67.6 Å². The van der Waals surface area contributed by atoms with E-state index in [0.29, 0.717) is 39.7 Å². The molecule has 0 aliphatic carbocycles. The molecule has 4 aromatic rings. The van der Waals surface area contributed by atoms with Gasteiger partial charge < -0.3 is 14.8 Å². The zero-order valence-electron chi connectivity index (χ0n) is 22.5. The summed E-state index contributed by atoms with van der Waals surface area (Å²) in [6, 6.07) is 28.0. The molecule has 202 valence electrons. The lowest BCUT2D eigenvalue weighted by Gasteiger charge is -2.18. The number of nitrogens with one attached hydrogen (secondary N) is 1. The number of hydrogen-bond donors (Lipinski definition) is 1. The van der Waals surface area contributed by atoms with Crippen LogP contribution in [-0.4, -0.2) is 35.8 Å². The van der Waals surface area contributed by atoms with E-state index >= 15 is 0 Å². The predicted octanol–water partition coefficient (Wildman–Crippen LogP) is 6.98. The second-order valence-electron chi connectivity index (χ2n) is 8.74. The molecule has 40 heavy (non-hydrogen) atoms. The van der Waals surface area contributed by atoms with Gasteiger partial charge in [0.15, 0.2) is 0 Å². The Kier molecular flexibility index (Phi) is 9.55. The Labute approximate surface area is 238 Å². The quantitative estimate of drug-likeness (QED) is 0.168. The molecule has 1 N–H and O–H groups in total. The summed E-state index contributed by atoms with van der Waals surface area (Å²) in [5.41, 5.74) is 4.56. The minimum absolute atomic E-state index is 0.224. The van der Waals surface area contributed by atoms with E-state index in [1.165, 1.54) is 11.8 Å². The average molecular weight is 552 g/mol. The van der Waals surface area contributed by atoms with Gasteiger partial charge in [-0.3, -0.25) is 4.79 Å². The Morgan fingerprint density at radius 2 is 1.68 bits per heavy atom. The van der Waals surface area contributed by atoms with Gasteiger partial charge in [-0.25, -0.2) is 9.78 Å². The van der Waals surface area contributed by atoms with Crippen LogP contribution in [0.5, 0.6) is 5.75 Å². The average Bonchev–Trinajstić information content (AvgIpc) is 3.00. The van der Waals surface area contributed by atoms with E-state index < -0.39 is 11.2 Å². The summed E-state index contributed by atoms with van der Waals surface area (Å²) < 4.78 is 10.3. The monoisotopic (exact) mass is 551 g/mol. The van der Waals surface area contributed by atoms with Crippen molar-refractivity contribution in [2.24, 2.45) is 0 Å². The van der Waals surface area contributed by atoms with Gasteiger partial charge in [-0.1, -0.05) is 61.2 Å². The van der Waals surface area contributed by atoms with Crippen molar-refractivity contribution in [2.75, 3.05) is 19.0 Å². The third kappa shape index (κ3) is 6.68. The van der Waals surface area contributed by atoms with Crippen molar-refractivity contribution >= 4 is 29.3 Å². The Morgan fingerprint density at radius 1 is 0.975 bits per heavy atom. The molecule has 1 atom stereocenters. The maximum absolute atomic E-state index is 13.3. The Morgan fingerprint density at radius 3 is 2.27 bits per heavy atom. The first kappa shape index (κ1) is 28.4. The second kappa shape index (κ2) is 13.5. The van der Waals surface area contributed by atoms with Gasteiger partial charge in [0.05, 0.1) is 35.8 Å². The summed E-state index contributed by atoms with van der Waals surface area (Å²) in [7, 11) is 1.61. The van der Waals surface area contributed by atoms with Crippen LogP contribution in [0.3, 0.4) is 0 Å². The van der Waals surface area contributed by atoms with Gasteiger partial charge in [0, 0.05) is 16.8 Å². The van der Waals surface area contributed by atoms with Crippen LogP contribution >= 0.6 is 11.8 Å². The van der Waals surface area contributed by atoms with Crippen molar-refractivity contribution in [1.82, 2.24) is 4.98 Å². The van der Waals surface area contributed by atoms with Crippen LogP contribution < -0.4 is 10.1 Å². The molecule has 0 spiro atoms. The minimum atomic E-state index is -0.515. The van der Waals surface area contributed by atoms with Gasteiger partial charge in [0.25, 0.3) is 0 Å². The second-order valence-corrected chi connectivity index (χ2v) is 9.93. The Hall–Kier alpha value is -4.61. The summed E-state index contributed by atoms with van der Waals surface area (Å²) in [6.45, 7) is 3.95. The van der Waals surface area contributed by atoms with E-state index in [9.17, 15) is 14.9 Å². The highest BCUT2D eigenvalue weighted by Crippen LogP contribution is 2.37. The SMILES string of the molecule is CCOC(=O)c1ccc(NC(=O)C(CC)Sc2nc(-c3ccccc3)cc(-c3ccc(OC)cc3)c2C#N)cc1. The number of amides is 1. The number of carbonyl (C=O) groups excluding carboxylic acids is 2. The molecule has 0 bridgehead atoms. The smallest absolute Gasteiger partial charge is 0.338 e. The van der Waals surface area contributed by atoms with Gasteiger partial charge in [-0.05, 0) is 61.4 Å². The molecule has 8 heteroatoms. The largest absolute Gasteiger partial charge is 0.497 e. The molecule has 7 nitrogen and oxygen atoms in total. The molecule has 0 aliphatic heterocycles. The maximum atomic E-state index is 13.3. The fourth-order valence-corrected chi connectivity index (χ4v) is 5.08. The van der Waals surface area contributed by atoms with Gasteiger partial charge in [0.1, 0.15) is 16.8 Å². The van der Waals surface area contributed by atoms with Gasteiger partial charge in [-0.2, -0.15) is 5.26 Å². The summed E-state index contributed by atoms with van der Waals surface area (Å²) in [5.74, 6) is 0.0776. The van der Waals surface area contributed by atoms with Crippen molar-refractivity contribution in [3.8, 4) is 34.2 Å². The lowest BCUT2D eigenvalue weighted by molar-refractivity contribution is -0.115. The highest BCUT2D eigenvalue weighted by molar-refractivity contribution is 8.00. The molecule has 4 rings (SSSR count). The van der Waals surface area contributed by atoms with Crippen molar-refractivity contribution in [2.45, 2.75) is 30.5 Å². The zero-order chi connectivity index (χ0) is 28.5. The van der Waals surface area contributed by atoms with Crippen molar-refractivity contribution in [3.05, 3.63) is 96.1 Å². The van der Waals surface area contributed by atoms with Crippen LogP contribution in [0.15, 0.2) is 90.0 Å². The van der Waals surface area contributed by atoms with Gasteiger partial charge >= 0.3 is 5.97 Å². The van der Waals surface area contributed by atoms with Crippen LogP contribution in [0.2, 0.25) is 0 Å². The van der Waals surface area contributed by atoms with Gasteiger partial charge in [0.2, 0.25) is 5.91 Å². The highest BCUT2D eigenvalue weighted by Gasteiger charge is 2.24. The molecule has 0 aliphatic rings. The normalized spacial score (nSPS) is 11.2. The van der Waals surface area contributed by atoms with Crippen LogP contribution in [-0.2, 0) is 9.53 Å². The first-order valence-corrected chi connectivity index (χ1v) is 13.7. The van der Waals surface area contributed by atoms with Crippen LogP contribution in [0.4, 0.5) is 5.69 Å². The number of esters is 1. The first-order valence-electron chi connectivity index (χ1n) is 12.9. The number of carbonyl (C=O) groups is 2. The Bertz CT molecular complexity index is 1520. The topological polar surface area (TPSA) is 101 Å². The number of hydrogen-bond acceptors (Lipinski definition) is 7. The fourth-order valence-electron chi connectivity index (χ4n) is 4.05. The molecular formula is C32H29N3O4S. The van der Waals surface area contributed by atoms with Crippen LogP contribution in [0, 0.1) is 11.3 Å². The first-order chi connectivity index (χ1) is 19.5. The lowest BCUT2D eigenvalue weighted by atomic mass is 9.99. The van der Waals surface area contributed by atoms with Crippen molar-refractivity contribution < 1.29 is 19.1 Å². The third-order valence-corrected chi connectivity index (χ3v) is 7.50. The molecule has 1 aromatic heterocycles. The summed E-state index contributed by atoms with van der Waals surface area (Å²) >= 11 is 1.26. The molecule has 0 radical (unpaired) electrons. The summed E-state index contributed by atoms with van der Waals surface area (Å²) in [4.78, 5) is 30.1. The molecule has 0 fully saturated rings. The number of benzene rings is 3. The highest BCUT2D eigenvalue weighted by atomic mass is 32.2. The zero-order valence-corrected chi connectivity index (χ0v) is 23.3. The standard InChI is InChI=1S/C32H29N3O4S/c1-4-29(30(36)34-24-15-11-23(12-16-24)32(37)39-5-2)40-31-27(20-33)26(21-13-17-25(38-3)18-14-21)19-28(35-31)22-9-7-6-8-10-22/h6-19,29H,4-5H2,1-3H3,(H,34,36). The number of ether oxygens (including phenoxy) is 2. The fraction of sp³-hybridized carbons (Fsp3) is 0.188. The maximum Gasteiger partial charge on any atom is 0.338 e. The number of rotatable bonds is 10. The van der Waals surface area contributed by atoms with Gasteiger partial charge in [-0.15, -0.1) is 0 Å². The number of nitrogens with zero attached hydrogens (tertiary/aromatic N) is 2. The number of aromatic nitrogens is 1. The third-order valence-electron chi connectivity index (χ3n) is 6.15. The van der Waals surface area contributed by atoms with E-state index in [2.05, 4.69) is 11.4 Å². The van der Waals surface area contributed by atoms with Crippen LogP contribution in [0.25, 0.3) is 22.4 Å². The Balaban J connectivity index is 1.66. The van der Waals surface area contributed by atoms with Crippen molar-refractivity contribution in [3.63, 3.8) is 0 Å². The molecule has 0 saturated heterocycles. The molecule has 1 unspecified atom stereocenters. The molecule has 3 aromatic carbocycles. The van der Waals surface area contributed by atoms with E-state index in [1.54, 1.807) is 38.3 Å². The number of methoxy groups -OCH3 is 1. The number of thioether (sulfide) groups is 1. The molecule has 1 amide bonds. The van der Waals surface area contributed by atoms with Crippen LogP contribution in [0.1, 0.15) is 36.2 Å². The number of nitriles is 1. The van der Waals surface area contributed by atoms with Crippen molar-refractivity contribution in [1.29, 1.82) is 5.26 Å². The number of anilines is 1. The molecule has 1 heterocycles. The van der Waals surface area contributed by atoms with E-state index in [-0.39, 0.29) is 12.5 Å². The summed E-state index contributed by atoms with van der Waals surface area (Å²) in [6.07, 6.45) is 0.511. The van der Waals surface area contributed by atoms with E-state index in [0.717, 1.165) is 16.7 Å². The molecular weight excluding hydrogens is 522 g/mol. The minimum Gasteiger partial charge on any atom is -0.497 e. The summed E-state index contributed by atoms with van der Waals surface area (Å²) in [5, 5.41) is 13.1. The predicted molar refractivity (Wildman–Crippen MR) is 157 cm³/mol. The lowest BCUT2D eigenvalue weighted by Crippen LogP contribution is -2.25. The van der Waals surface area contributed by atoms with E-state index in [4.69, 9.17) is 14.5 Å².